The Morgan fingerprint density at radius 3 is 1.96 bits per heavy atom. The standard InChI is InChI=1S/C38H43Cl3N6O7S/c1-2-54-32-24-31(41)33(55(50,51)46-17-21-53-22-18-46)23-30(32)37-42-35(26-3-7-28(39)8-4-26)36(27-5-9-29(40)10-6-27)47(37)38(49)45-13-11-43(12-14-45)25-34(48)44-15-19-52-20-16-44/h3-10,23-24,35-36H,2,11-22,25H2,1H3/t35-,36+/m0/s1. The highest BCUT2D eigenvalue weighted by Crippen LogP contribution is 2.46. The third kappa shape index (κ3) is 8.62. The van der Waals surface area contributed by atoms with E-state index in [1.54, 1.807) is 34.1 Å². The highest BCUT2D eigenvalue weighted by Gasteiger charge is 2.45. The van der Waals surface area contributed by atoms with Crippen molar-refractivity contribution in [2.45, 2.75) is 23.9 Å². The number of amides is 3. The number of rotatable bonds is 9. The Kier molecular flexibility index (Phi) is 12.5. The Hall–Kier alpha value is -3.47. The summed E-state index contributed by atoms with van der Waals surface area (Å²) < 4.78 is 46.5. The summed E-state index contributed by atoms with van der Waals surface area (Å²) in [5.41, 5.74) is 1.85. The average Bonchev–Trinajstić information content (AvgIpc) is 3.59. The van der Waals surface area contributed by atoms with E-state index in [0.29, 0.717) is 68.1 Å². The van der Waals surface area contributed by atoms with Gasteiger partial charge in [-0.15, -0.1) is 0 Å². The maximum absolute atomic E-state index is 15.1. The summed E-state index contributed by atoms with van der Waals surface area (Å²) in [6, 6.07) is 15.9. The molecule has 3 aromatic carbocycles. The summed E-state index contributed by atoms with van der Waals surface area (Å²) >= 11 is 19.4. The molecule has 17 heteroatoms. The number of sulfonamides is 1. The van der Waals surface area contributed by atoms with Crippen LogP contribution >= 0.6 is 34.8 Å². The highest BCUT2D eigenvalue weighted by atomic mass is 35.5. The van der Waals surface area contributed by atoms with Crippen LogP contribution in [0.25, 0.3) is 0 Å². The smallest absolute Gasteiger partial charge is 0.326 e. The van der Waals surface area contributed by atoms with Gasteiger partial charge in [-0.3, -0.25) is 19.6 Å². The van der Waals surface area contributed by atoms with Crippen molar-refractivity contribution in [3.05, 3.63) is 92.4 Å². The largest absolute Gasteiger partial charge is 0.493 e. The summed E-state index contributed by atoms with van der Waals surface area (Å²) in [5, 5.41) is 1.06. The van der Waals surface area contributed by atoms with Gasteiger partial charge in [-0.1, -0.05) is 59.1 Å². The van der Waals surface area contributed by atoms with Crippen LogP contribution < -0.4 is 4.74 Å². The second kappa shape index (κ2) is 17.3. The van der Waals surface area contributed by atoms with Crippen LogP contribution in [0, 0.1) is 0 Å². The van der Waals surface area contributed by atoms with Gasteiger partial charge in [0.25, 0.3) is 0 Å². The van der Waals surface area contributed by atoms with Gasteiger partial charge in [0, 0.05) is 68.5 Å². The van der Waals surface area contributed by atoms with Crippen LogP contribution in [0.4, 0.5) is 4.79 Å². The Labute approximate surface area is 336 Å². The summed E-state index contributed by atoms with van der Waals surface area (Å²) in [4.78, 5) is 40.5. The number of urea groups is 1. The number of ether oxygens (including phenoxy) is 3. The van der Waals surface area contributed by atoms with Crippen LogP contribution in [0.1, 0.15) is 35.7 Å². The van der Waals surface area contributed by atoms with Gasteiger partial charge in [-0.25, -0.2) is 13.2 Å². The van der Waals surface area contributed by atoms with Crippen LogP contribution in [-0.4, -0.2) is 142 Å². The number of piperazine rings is 1. The highest BCUT2D eigenvalue weighted by molar-refractivity contribution is 7.89. The molecule has 2 atom stereocenters. The van der Waals surface area contributed by atoms with Crippen LogP contribution in [0.15, 0.2) is 70.6 Å². The molecule has 3 amide bonds. The van der Waals surface area contributed by atoms with Crippen molar-refractivity contribution in [1.82, 2.24) is 23.9 Å². The maximum Gasteiger partial charge on any atom is 0.326 e. The quantitative estimate of drug-likeness (QED) is 0.288. The van der Waals surface area contributed by atoms with Crippen molar-refractivity contribution < 1.29 is 32.2 Å². The van der Waals surface area contributed by atoms with Crippen molar-refractivity contribution in [1.29, 1.82) is 0 Å². The number of carbonyl (C=O) groups excluding carboxylic acids is 2. The summed E-state index contributed by atoms with van der Waals surface area (Å²) in [6.07, 6.45) is 0. The van der Waals surface area contributed by atoms with Gasteiger partial charge in [0.2, 0.25) is 15.9 Å². The lowest BCUT2D eigenvalue weighted by Gasteiger charge is -2.39. The number of aliphatic imine (C=N–C) groups is 1. The SMILES string of the molecule is CCOc1cc(Cl)c(S(=O)(=O)N2CCOCC2)cc1C1=N[C@@H](c2ccc(Cl)cc2)[C@@H](c2ccc(Cl)cc2)N1C(=O)N1CCN(CC(=O)N2CCOCC2)CC1. The molecule has 4 heterocycles. The van der Waals surface area contributed by atoms with Crippen LogP contribution in [0.5, 0.6) is 5.75 Å². The van der Waals surface area contributed by atoms with E-state index in [4.69, 9.17) is 54.0 Å². The van der Waals surface area contributed by atoms with Crippen LogP contribution in [0.2, 0.25) is 15.1 Å². The van der Waals surface area contributed by atoms with Crippen LogP contribution in [-0.2, 0) is 24.3 Å². The molecule has 4 aliphatic rings. The predicted molar refractivity (Wildman–Crippen MR) is 210 cm³/mol. The molecule has 0 aliphatic carbocycles. The van der Waals surface area contributed by atoms with Crippen molar-refractivity contribution >= 4 is 62.6 Å². The first-order valence-electron chi connectivity index (χ1n) is 18.3. The Morgan fingerprint density at radius 2 is 1.36 bits per heavy atom. The van der Waals surface area contributed by atoms with Crippen LogP contribution in [0.3, 0.4) is 0 Å². The molecule has 0 bridgehead atoms. The minimum Gasteiger partial charge on any atom is -0.493 e. The Balaban J connectivity index is 1.30. The first-order valence-corrected chi connectivity index (χ1v) is 20.9. The zero-order chi connectivity index (χ0) is 38.7. The van der Waals surface area contributed by atoms with E-state index in [1.807, 2.05) is 36.1 Å². The van der Waals surface area contributed by atoms with E-state index in [2.05, 4.69) is 4.90 Å². The molecule has 0 radical (unpaired) electrons. The molecule has 13 nitrogen and oxygen atoms in total. The molecule has 0 N–H and O–H groups in total. The van der Waals surface area contributed by atoms with Crippen molar-refractivity contribution in [3.63, 3.8) is 0 Å². The number of morpholine rings is 2. The molecule has 0 unspecified atom stereocenters. The van der Waals surface area contributed by atoms with E-state index in [9.17, 15) is 13.2 Å². The second-order valence-corrected chi connectivity index (χ2v) is 16.8. The molecule has 0 spiro atoms. The van der Waals surface area contributed by atoms with Gasteiger partial charge >= 0.3 is 6.03 Å². The molecular formula is C38H43Cl3N6O7S. The van der Waals surface area contributed by atoms with Gasteiger partial charge in [0.15, 0.2) is 0 Å². The third-order valence-corrected chi connectivity index (χ3v) is 13.1. The minimum atomic E-state index is -4.08. The van der Waals surface area contributed by atoms with Gasteiger partial charge in [0.1, 0.15) is 22.5 Å². The first kappa shape index (κ1) is 39.8. The second-order valence-electron chi connectivity index (χ2n) is 13.6. The molecule has 0 aromatic heterocycles. The fourth-order valence-corrected chi connectivity index (χ4v) is 9.49. The van der Waals surface area contributed by atoms with E-state index >= 15 is 4.79 Å². The van der Waals surface area contributed by atoms with E-state index < -0.39 is 22.1 Å². The Morgan fingerprint density at radius 1 is 0.782 bits per heavy atom. The lowest BCUT2D eigenvalue weighted by molar-refractivity contribution is -0.136. The summed E-state index contributed by atoms with van der Waals surface area (Å²) in [7, 11) is -4.08. The summed E-state index contributed by atoms with van der Waals surface area (Å²) in [5.74, 6) is 0.552. The zero-order valence-electron chi connectivity index (χ0n) is 30.4. The lowest BCUT2D eigenvalue weighted by Crippen LogP contribution is -2.56. The van der Waals surface area contributed by atoms with Gasteiger partial charge in [-0.2, -0.15) is 4.31 Å². The number of hydrogen-bond donors (Lipinski definition) is 0. The fraction of sp³-hybridized carbons (Fsp3) is 0.447. The lowest BCUT2D eigenvalue weighted by atomic mass is 9.93. The molecule has 294 valence electrons. The summed E-state index contributed by atoms with van der Waals surface area (Å²) in [6.45, 7) is 7.05. The number of hydrogen-bond acceptors (Lipinski definition) is 9. The number of amidine groups is 1. The molecule has 4 aliphatic heterocycles. The van der Waals surface area contributed by atoms with E-state index in [1.165, 1.54) is 16.4 Å². The number of benzene rings is 3. The fourth-order valence-electron chi connectivity index (χ4n) is 7.32. The minimum absolute atomic E-state index is 0.0126. The molecule has 0 saturated carbocycles. The normalized spacial score (nSPS) is 21.5. The van der Waals surface area contributed by atoms with Gasteiger partial charge < -0.3 is 24.0 Å². The molecule has 7 rings (SSSR count). The maximum atomic E-state index is 15.1. The van der Waals surface area contributed by atoms with Gasteiger partial charge in [0.05, 0.1) is 56.2 Å². The molecule has 3 saturated heterocycles. The molecule has 3 aromatic rings. The third-order valence-electron chi connectivity index (χ3n) is 10.2. The predicted octanol–water partition coefficient (Wildman–Crippen LogP) is 5.21. The van der Waals surface area contributed by atoms with Gasteiger partial charge in [-0.05, 0) is 48.4 Å². The number of nitrogens with zero attached hydrogens (tertiary/aromatic N) is 6. The molecule has 3 fully saturated rings. The Bertz CT molecular complexity index is 2000. The average molecular weight is 834 g/mol. The topological polar surface area (TPSA) is 125 Å². The monoisotopic (exact) mass is 832 g/mol. The van der Waals surface area contributed by atoms with Crippen molar-refractivity contribution in [2.24, 2.45) is 4.99 Å². The van der Waals surface area contributed by atoms with Crippen molar-refractivity contribution in [3.8, 4) is 5.75 Å². The molecular weight excluding hydrogens is 791 g/mol. The van der Waals surface area contributed by atoms with E-state index in [0.717, 1.165) is 11.1 Å². The van der Waals surface area contributed by atoms with Crippen molar-refractivity contribution in [2.75, 3.05) is 91.9 Å². The molecule has 55 heavy (non-hydrogen) atoms. The number of carbonyl (C=O) groups is 2. The van der Waals surface area contributed by atoms with E-state index in [-0.39, 0.29) is 72.9 Å². The zero-order valence-corrected chi connectivity index (χ0v) is 33.5. The first-order chi connectivity index (χ1) is 26.5. The number of halogens is 3.